The predicted molar refractivity (Wildman–Crippen MR) is 100 cm³/mol. The maximum Gasteiger partial charge on any atom is 0.258 e. The zero-order valence-electron chi connectivity index (χ0n) is 15.2. The summed E-state index contributed by atoms with van der Waals surface area (Å²) < 4.78 is 32.7. The van der Waals surface area contributed by atoms with Gasteiger partial charge in [0.15, 0.2) is 0 Å². The first kappa shape index (κ1) is 19.9. The fraction of sp³-hybridized carbons (Fsp3) is 0.300. The van der Waals surface area contributed by atoms with Crippen LogP contribution in [-0.2, 0) is 4.74 Å². The lowest BCUT2D eigenvalue weighted by molar-refractivity contribution is 0.0383. The average Bonchev–Trinajstić information content (AvgIpc) is 2.69. The number of nitrogens with zero attached hydrogens (tertiary/aromatic N) is 1. The summed E-state index contributed by atoms with van der Waals surface area (Å²) in [7, 11) is 0. The Morgan fingerprint density at radius 3 is 2.50 bits per heavy atom. The van der Waals surface area contributed by atoms with Crippen LogP contribution < -0.4 is 10.6 Å². The lowest BCUT2D eigenvalue weighted by Gasteiger charge is -2.26. The maximum atomic E-state index is 13.8. The molecule has 0 bridgehead atoms. The zero-order chi connectivity index (χ0) is 19.9. The first-order chi connectivity index (χ1) is 13.5. The van der Waals surface area contributed by atoms with E-state index in [2.05, 4.69) is 15.5 Å². The third kappa shape index (κ3) is 5.11. The molecule has 3 rings (SSSR count). The summed E-state index contributed by atoms with van der Waals surface area (Å²) in [5, 5.41) is 5.18. The molecule has 1 fully saturated rings. The number of anilines is 1. The number of hydrogen-bond donors (Lipinski definition) is 2. The topological polar surface area (TPSA) is 70.7 Å². The minimum absolute atomic E-state index is 0.0166. The van der Waals surface area contributed by atoms with Gasteiger partial charge >= 0.3 is 0 Å². The molecular formula is C20H21F2N3O3. The van der Waals surface area contributed by atoms with E-state index in [0.717, 1.165) is 31.3 Å². The van der Waals surface area contributed by atoms with Gasteiger partial charge in [-0.25, -0.2) is 8.78 Å². The number of morpholine rings is 1. The fourth-order valence-corrected chi connectivity index (χ4v) is 2.90. The number of carbonyl (C=O) groups is 2. The van der Waals surface area contributed by atoms with Gasteiger partial charge in [0.05, 0.1) is 30.0 Å². The highest BCUT2D eigenvalue weighted by atomic mass is 19.1. The molecule has 1 aliphatic heterocycles. The molecule has 0 radical (unpaired) electrons. The van der Waals surface area contributed by atoms with Crippen LogP contribution in [0.15, 0.2) is 42.5 Å². The molecule has 8 heteroatoms. The van der Waals surface area contributed by atoms with Crippen molar-refractivity contribution in [3.8, 4) is 0 Å². The second-order valence-electron chi connectivity index (χ2n) is 6.33. The zero-order valence-corrected chi connectivity index (χ0v) is 15.2. The van der Waals surface area contributed by atoms with Crippen LogP contribution in [0.2, 0.25) is 0 Å². The van der Waals surface area contributed by atoms with Crippen LogP contribution >= 0.6 is 0 Å². The van der Waals surface area contributed by atoms with E-state index in [4.69, 9.17) is 4.74 Å². The SMILES string of the molecule is O=C(Nc1cc(F)ccc1C(=O)NCCN1CCOCC1)c1ccccc1F. The molecule has 2 amide bonds. The summed E-state index contributed by atoms with van der Waals surface area (Å²) in [5.41, 5.74) is -0.101. The van der Waals surface area contributed by atoms with Crippen LogP contribution in [0.5, 0.6) is 0 Å². The fourth-order valence-electron chi connectivity index (χ4n) is 2.90. The minimum Gasteiger partial charge on any atom is -0.379 e. The number of rotatable bonds is 6. The number of ether oxygens (including phenoxy) is 1. The molecule has 2 N–H and O–H groups in total. The number of benzene rings is 2. The Hall–Kier alpha value is -2.84. The van der Waals surface area contributed by atoms with Crippen LogP contribution in [-0.4, -0.2) is 56.1 Å². The molecular weight excluding hydrogens is 368 g/mol. The maximum absolute atomic E-state index is 13.8. The molecule has 0 saturated carbocycles. The smallest absolute Gasteiger partial charge is 0.258 e. The molecule has 0 atom stereocenters. The second-order valence-corrected chi connectivity index (χ2v) is 6.33. The van der Waals surface area contributed by atoms with Crippen molar-refractivity contribution in [2.24, 2.45) is 0 Å². The molecule has 0 unspecified atom stereocenters. The number of amides is 2. The normalized spacial score (nSPS) is 14.5. The summed E-state index contributed by atoms with van der Waals surface area (Å²) in [6.07, 6.45) is 0. The molecule has 1 saturated heterocycles. The van der Waals surface area contributed by atoms with E-state index in [9.17, 15) is 18.4 Å². The highest BCUT2D eigenvalue weighted by Gasteiger charge is 2.18. The van der Waals surface area contributed by atoms with Crippen molar-refractivity contribution in [1.82, 2.24) is 10.2 Å². The van der Waals surface area contributed by atoms with Crippen LogP contribution in [0, 0.1) is 11.6 Å². The van der Waals surface area contributed by atoms with Gasteiger partial charge in [-0.05, 0) is 30.3 Å². The van der Waals surface area contributed by atoms with Crippen LogP contribution in [0.1, 0.15) is 20.7 Å². The summed E-state index contributed by atoms with van der Waals surface area (Å²) in [6.45, 7) is 3.99. The van der Waals surface area contributed by atoms with E-state index in [0.29, 0.717) is 26.3 Å². The molecule has 2 aromatic carbocycles. The molecule has 28 heavy (non-hydrogen) atoms. The average molecular weight is 389 g/mol. The van der Waals surface area contributed by atoms with Crippen molar-refractivity contribution < 1.29 is 23.1 Å². The van der Waals surface area contributed by atoms with Crippen molar-refractivity contribution in [3.63, 3.8) is 0 Å². The van der Waals surface area contributed by atoms with Crippen LogP contribution in [0.25, 0.3) is 0 Å². The third-order valence-electron chi connectivity index (χ3n) is 4.41. The van der Waals surface area contributed by atoms with E-state index >= 15 is 0 Å². The number of nitrogens with one attached hydrogen (secondary N) is 2. The Kier molecular flexibility index (Phi) is 6.67. The quantitative estimate of drug-likeness (QED) is 0.795. The van der Waals surface area contributed by atoms with Gasteiger partial charge in [-0.15, -0.1) is 0 Å². The lowest BCUT2D eigenvalue weighted by Crippen LogP contribution is -2.41. The molecule has 2 aromatic rings. The van der Waals surface area contributed by atoms with Crippen LogP contribution in [0.4, 0.5) is 14.5 Å². The van der Waals surface area contributed by atoms with E-state index in [-0.39, 0.29) is 16.8 Å². The van der Waals surface area contributed by atoms with Crippen LogP contribution in [0.3, 0.4) is 0 Å². The number of carbonyl (C=O) groups excluding carboxylic acids is 2. The van der Waals surface area contributed by atoms with Gasteiger partial charge < -0.3 is 15.4 Å². The standard InChI is InChI=1S/C20H21F2N3O3/c21-14-5-6-16(19(26)23-7-8-25-9-11-28-12-10-25)18(13-14)24-20(27)15-3-1-2-4-17(15)22/h1-6,13H,7-12H2,(H,23,26)(H,24,27). The second kappa shape index (κ2) is 9.38. The first-order valence-electron chi connectivity index (χ1n) is 8.98. The Balaban J connectivity index is 1.66. The van der Waals surface area contributed by atoms with Gasteiger partial charge in [-0.1, -0.05) is 12.1 Å². The molecule has 0 aromatic heterocycles. The van der Waals surface area contributed by atoms with Crippen molar-refractivity contribution in [1.29, 1.82) is 0 Å². The van der Waals surface area contributed by atoms with Gasteiger partial charge in [0.25, 0.3) is 11.8 Å². The molecule has 148 valence electrons. The lowest BCUT2D eigenvalue weighted by atomic mass is 10.1. The minimum atomic E-state index is -0.758. The van der Waals surface area contributed by atoms with Crippen molar-refractivity contribution >= 4 is 17.5 Å². The van der Waals surface area contributed by atoms with E-state index in [1.165, 1.54) is 24.3 Å². The van der Waals surface area contributed by atoms with E-state index in [1.54, 1.807) is 0 Å². The molecule has 6 nitrogen and oxygen atoms in total. The van der Waals surface area contributed by atoms with Gasteiger partial charge in [0.2, 0.25) is 0 Å². The molecule has 1 heterocycles. The summed E-state index contributed by atoms with van der Waals surface area (Å²) in [6, 6.07) is 8.90. The van der Waals surface area contributed by atoms with Crippen molar-refractivity contribution in [2.75, 3.05) is 44.7 Å². The Labute approximate surface area is 161 Å². The van der Waals surface area contributed by atoms with E-state index in [1.807, 2.05) is 0 Å². The Bertz CT molecular complexity index is 854. The number of hydrogen-bond acceptors (Lipinski definition) is 4. The third-order valence-corrected chi connectivity index (χ3v) is 4.41. The molecule has 0 aliphatic carbocycles. The van der Waals surface area contributed by atoms with Gasteiger partial charge in [-0.2, -0.15) is 0 Å². The highest BCUT2D eigenvalue weighted by Crippen LogP contribution is 2.19. The van der Waals surface area contributed by atoms with Crippen molar-refractivity contribution in [2.45, 2.75) is 0 Å². The number of halogens is 2. The molecule has 1 aliphatic rings. The Morgan fingerprint density at radius 1 is 1.00 bits per heavy atom. The summed E-state index contributed by atoms with van der Waals surface area (Å²) >= 11 is 0. The highest BCUT2D eigenvalue weighted by molar-refractivity contribution is 6.09. The molecule has 0 spiro atoms. The monoisotopic (exact) mass is 389 g/mol. The predicted octanol–water partition coefficient (Wildman–Crippen LogP) is 2.28. The van der Waals surface area contributed by atoms with Gasteiger partial charge in [0.1, 0.15) is 11.6 Å². The van der Waals surface area contributed by atoms with E-state index < -0.39 is 23.4 Å². The van der Waals surface area contributed by atoms with Crippen molar-refractivity contribution in [3.05, 3.63) is 65.2 Å². The summed E-state index contributed by atoms with van der Waals surface area (Å²) in [5.74, 6) is -2.52. The largest absolute Gasteiger partial charge is 0.379 e. The Morgan fingerprint density at radius 2 is 1.75 bits per heavy atom. The van der Waals surface area contributed by atoms with Gasteiger partial charge in [-0.3, -0.25) is 14.5 Å². The van der Waals surface area contributed by atoms with Gasteiger partial charge in [0, 0.05) is 26.2 Å². The first-order valence-corrected chi connectivity index (χ1v) is 8.98. The summed E-state index contributed by atoms with van der Waals surface area (Å²) in [4.78, 5) is 27.0.